The molecular formula is C23H23FN2O5S. The smallest absolute Gasteiger partial charge is 0.341 e. The number of phenols is 1. The molecule has 1 saturated heterocycles. The second-order valence-corrected chi connectivity index (χ2v) is 9.91. The lowest BCUT2D eigenvalue weighted by Gasteiger charge is -2.27. The monoisotopic (exact) mass is 458 g/mol. The van der Waals surface area contributed by atoms with Crippen LogP contribution in [-0.2, 0) is 27.7 Å². The number of phenolic OH excluding ortho intramolecular Hbond substituents is 1. The Bertz CT molecular complexity index is 1280. The standard InChI is InChI=1S/C23H23FN2O5S/c1-31-23(28)20-12-17(14-26-8-2-3-9-32(26,29)30)19-11-16(13-25-21(19)22(20)27)10-15-4-6-18(24)7-5-15/h4-7,11-13,27H,2-3,8-10,14H2,1H3. The van der Waals surface area contributed by atoms with Crippen molar-refractivity contribution in [2.75, 3.05) is 19.4 Å². The molecule has 1 N–H and O–H groups in total. The maximum Gasteiger partial charge on any atom is 0.341 e. The molecule has 1 fully saturated rings. The molecule has 0 amide bonds. The minimum absolute atomic E-state index is 0.0603. The number of hydrogen-bond acceptors (Lipinski definition) is 6. The van der Waals surface area contributed by atoms with Crippen molar-refractivity contribution in [1.82, 2.24) is 9.29 Å². The van der Waals surface area contributed by atoms with E-state index in [0.29, 0.717) is 30.3 Å². The Labute approximate surface area is 185 Å². The predicted molar refractivity (Wildman–Crippen MR) is 117 cm³/mol. The van der Waals surface area contributed by atoms with Gasteiger partial charge in [-0.2, -0.15) is 4.31 Å². The molecule has 0 saturated carbocycles. The summed E-state index contributed by atoms with van der Waals surface area (Å²) in [6.07, 6.45) is 3.43. The summed E-state index contributed by atoms with van der Waals surface area (Å²) in [5.41, 5.74) is 2.36. The molecule has 0 spiro atoms. The van der Waals surface area contributed by atoms with Crippen LogP contribution in [0.5, 0.6) is 5.75 Å². The molecular weight excluding hydrogens is 435 g/mol. The van der Waals surface area contributed by atoms with Crippen molar-refractivity contribution in [3.05, 3.63) is 70.7 Å². The molecule has 7 nitrogen and oxygen atoms in total. The number of ether oxygens (including phenoxy) is 1. The minimum Gasteiger partial charge on any atom is -0.505 e. The average Bonchev–Trinajstić information content (AvgIpc) is 2.78. The van der Waals surface area contributed by atoms with Crippen LogP contribution >= 0.6 is 0 Å². The number of esters is 1. The molecule has 0 radical (unpaired) electrons. The molecule has 4 rings (SSSR count). The fraction of sp³-hybridized carbons (Fsp3) is 0.304. The van der Waals surface area contributed by atoms with Gasteiger partial charge in [0.05, 0.1) is 12.9 Å². The predicted octanol–water partition coefficient (Wildman–Crippen LogP) is 3.38. The molecule has 2 heterocycles. The number of halogens is 1. The van der Waals surface area contributed by atoms with Gasteiger partial charge in [0.2, 0.25) is 10.0 Å². The number of fused-ring (bicyclic) bond motifs is 1. The molecule has 1 aliphatic heterocycles. The Morgan fingerprint density at radius 3 is 2.62 bits per heavy atom. The minimum atomic E-state index is -3.40. The van der Waals surface area contributed by atoms with Crippen LogP contribution in [0, 0.1) is 5.82 Å². The number of benzene rings is 2. The molecule has 0 bridgehead atoms. The van der Waals surface area contributed by atoms with E-state index in [4.69, 9.17) is 4.74 Å². The number of pyridine rings is 1. The number of aromatic nitrogens is 1. The van der Waals surface area contributed by atoms with Gasteiger partial charge in [-0.1, -0.05) is 12.1 Å². The quantitative estimate of drug-likeness (QED) is 0.589. The molecule has 2 aromatic carbocycles. The summed E-state index contributed by atoms with van der Waals surface area (Å²) in [6, 6.07) is 9.41. The van der Waals surface area contributed by atoms with E-state index in [1.54, 1.807) is 18.3 Å². The fourth-order valence-corrected chi connectivity index (χ4v) is 5.50. The summed E-state index contributed by atoms with van der Waals surface area (Å²) < 4.78 is 44.5. The Balaban J connectivity index is 1.81. The largest absolute Gasteiger partial charge is 0.505 e. The van der Waals surface area contributed by atoms with Crippen LogP contribution in [0.1, 0.15) is 39.9 Å². The fourth-order valence-electron chi connectivity index (χ4n) is 3.93. The number of hydrogen-bond donors (Lipinski definition) is 1. The van der Waals surface area contributed by atoms with E-state index < -0.39 is 16.0 Å². The Hall–Kier alpha value is -3.04. The number of rotatable bonds is 5. The van der Waals surface area contributed by atoms with Gasteiger partial charge in [-0.15, -0.1) is 0 Å². The van der Waals surface area contributed by atoms with Crippen molar-refractivity contribution < 1.29 is 27.4 Å². The zero-order chi connectivity index (χ0) is 22.9. The SMILES string of the molecule is COC(=O)c1cc(CN2CCCCS2(=O)=O)c2cc(Cc3ccc(F)cc3)cnc2c1O. The summed E-state index contributed by atoms with van der Waals surface area (Å²) >= 11 is 0. The number of methoxy groups -OCH3 is 1. The Morgan fingerprint density at radius 1 is 1.19 bits per heavy atom. The molecule has 32 heavy (non-hydrogen) atoms. The third kappa shape index (κ3) is 4.44. The molecule has 1 aromatic heterocycles. The van der Waals surface area contributed by atoms with Gasteiger partial charge in [0, 0.05) is 24.7 Å². The van der Waals surface area contributed by atoms with Crippen molar-refractivity contribution in [1.29, 1.82) is 0 Å². The Morgan fingerprint density at radius 2 is 1.94 bits per heavy atom. The van der Waals surface area contributed by atoms with Crippen molar-refractivity contribution >= 4 is 26.9 Å². The lowest BCUT2D eigenvalue weighted by molar-refractivity contribution is 0.0597. The summed E-state index contributed by atoms with van der Waals surface area (Å²) in [7, 11) is -2.19. The summed E-state index contributed by atoms with van der Waals surface area (Å²) in [4.78, 5) is 16.6. The first-order valence-electron chi connectivity index (χ1n) is 10.2. The van der Waals surface area contributed by atoms with Gasteiger partial charge < -0.3 is 9.84 Å². The first kappa shape index (κ1) is 22.2. The molecule has 1 aliphatic rings. The topological polar surface area (TPSA) is 96.8 Å². The molecule has 9 heteroatoms. The molecule has 3 aromatic rings. The molecule has 0 unspecified atom stereocenters. The highest BCUT2D eigenvalue weighted by Gasteiger charge is 2.28. The summed E-state index contributed by atoms with van der Waals surface area (Å²) in [5.74, 6) is -1.29. The van der Waals surface area contributed by atoms with E-state index in [9.17, 15) is 22.7 Å². The maximum absolute atomic E-state index is 13.2. The van der Waals surface area contributed by atoms with Crippen LogP contribution in [0.3, 0.4) is 0 Å². The van der Waals surface area contributed by atoms with Gasteiger partial charge >= 0.3 is 5.97 Å². The van der Waals surface area contributed by atoms with Gasteiger partial charge in [0.15, 0.2) is 5.75 Å². The van der Waals surface area contributed by atoms with E-state index >= 15 is 0 Å². The van der Waals surface area contributed by atoms with Gasteiger partial charge in [-0.05, 0) is 60.2 Å². The van der Waals surface area contributed by atoms with Crippen LogP contribution < -0.4 is 0 Å². The normalized spacial score (nSPS) is 16.2. The van der Waals surface area contributed by atoms with Crippen LogP contribution in [-0.4, -0.2) is 48.2 Å². The second kappa shape index (κ2) is 8.84. The number of carbonyl (C=O) groups is 1. The second-order valence-electron chi connectivity index (χ2n) is 7.82. The summed E-state index contributed by atoms with van der Waals surface area (Å²) in [5, 5.41) is 11.2. The number of nitrogens with zero attached hydrogens (tertiary/aromatic N) is 2. The van der Waals surface area contributed by atoms with E-state index in [0.717, 1.165) is 17.5 Å². The van der Waals surface area contributed by atoms with Crippen LogP contribution in [0.25, 0.3) is 10.9 Å². The van der Waals surface area contributed by atoms with E-state index in [2.05, 4.69) is 4.98 Å². The zero-order valence-corrected chi connectivity index (χ0v) is 18.4. The van der Waals surface area contributed by atoms with Gasteiger partial charge in [-0.3, -0.25) is 4.98 Å². The van der Waals surface area contributed by atoms with E-state index in [-0.39, 0.29) is 34.9 Å². The molecule has 0 aliphatic carbocycles. The van der Waals surface area contributed by atoms with Crippen LogP contribution in [0.2, 0.25) is 0 Å². The zero-order valence-electron chi connectivity index (χ0n) is 17.5. The van der Waals surface area contributed by atoms with Crippen LogP contribution in [0.4, 0.5) is 4.39 Å². The number of sulfonamides is 1. The van der Waals surface area contributed by atoms with Crippen molar-refractivity contribution in [3.8, 4) is 5.75 Å². The number of aromatic hydroxyl groups is 1. The van der Waals surface area contributed by atoms with Crippen molar-refractivity contribution in [2.45, 2.75) is 25.8 Å². The number of carbonyl (C=O) groups excluding carboxylic acids is 1. The maximum atomic E-state index is 13.2. The third-order valence-corrected chi connectivity index (χ3v) is 7.52. The summed E-state index contributed by atoms with van der Waals surface area (Å²) in [6.45, 7) is 0.450. The third-order valence-electron chi connectivity index (χ3n) is 5.61. The van der Waals surface area contributed by atoms with Crippen molar-refractivity contribution in [3.63, 3.8) is 0 Å². The van der Waals surface area contributed by atoms with E-state index in [1.165, 1.54) is 29.6 Å². The highest BCUT2D eigenvalue weighted by molar-refractivity contribution is 7.89. The van der Waals surface area contributed by atoms with Gasteiger partial charge in [-0.25, -0.2) is 17.6 Å². The lowest BCUT2D eigenvalue weighted by Crippen LogP contribution is -2.37. The first-order chi connectivity index (χ1) is 15.3. The van der Waals surface area contributed by atoms with Crippen molar-refractivity contribution in [2.24, 2.45) is 0 Å². The average molecular weight is 459 g/mol. The van der Waals surface area contributed by atoms with Gasteiger partial charge in [0.25, 0.3) is 0 Å². The highest BCUT2D eigenvalue weighted by atomic mass is 32.2. The highest BCUT2D eigenvalue weighted by Crippen LogP contribution is 2.33. The molecule has 0 atom stereocenters. The van der Waals surface area contributed by atoms with Gasteiger partial charge in [0.1, 0.15) is 16.9 Å². The first-order valence-corrected chi connectivity index (χ1v) is 11.8. The Kier molecular flexibility index (Phi) is 6.12. The van der Waals surface area contributed by atoms with Crippen LogP contribution in [0.15, 0.2) is 42.6 Å². The lowest BCUT2D eigenvalue weighted by atomic mass is 9.99. The van der Waals surface area contributed by atoms with E-state index in [1.807, 2.05) is 6.07 Å². The molecule has 168 valence electrons.